The molecule has 0 aromatic heterocycles. The van der Waals surface area contributed by atoms with Gasteiger partial charge >= 0.3 is 0 Å². The summed E-state index contributed by atoms with van der Waals surface area (Å²) < 4.78 is 10.9. The van der Waals surface area contributed by atoms with Crippen molar-refractivity contribution in [3.63, 3.8) is 0 Å². The van der Waals surface area contributed by atoms with Gasteiger partial charge in [0.1, 0.15) is 18.1 Å². The van der Waals surface area contributed by atoms with Crippen LogP contribution in [0.4, 0.5) is 0 Å². The Bertz CT molecular complexity index is 625. The number of aryl methyl sites for hydroxylation is 1. The van der Waals surface area contributed by atoms with Crippen molar-refractivity contribution < 1.29 is 14.3 Å². The van der Waals surface area contributed by atoms with Gasteiger partial charge in [-0.25, -0.2) is 0 Å². The van der Waals surface area contributed by atoms with Crippen molar-refractivity contribution in [3.8, 4) is 11.5 Å². The highest BCUT2D eigenvalue weighted by atomic mass is 16.5. The van der Waals surface area contributed by atoms with Crippen molar-refractivity contribution >= 4 is 5.91 Å². The molecule has 2 aromatic rings. The minimum Gasteiger partial charge on any atom is -0.496 e. The first-order valence-corrected chi connectivity index (χ1v) is 7.38. The van der Waals surface area contributed by atoms with E-state index in [1.54, 1.807) is 19.2 Å². The maximum absolute atomic E-state index is 12.1. The lowest BCUT2D eigenvalue weighted by atomic mass is 10.1. The quantitative estimate of drug-likeness (QED) is 0.799. The third kappa shape index (κ3) is 4.01. The molecule has 0 aliphatic carbocycles. The summed E-state index contributed by atoms with van der Waals surface area (Å²) in [7, 11) is 1.55. The number of carbonyl (C=O) groups is 1. The molecule has 2 rings (SSSR count). The number of hydrogen-bond donors (Lipinski definition) is 1. The van der Waals surface area contributed by atoms with Crippen LogP contribution in [-0.4, -0.2) is 26.2 Å². The number of rotatable bonds is 7. The monoisotopic (exact) mass is 299 g/mol. The Morgan fingerprint density at radius 3 is 2.45 bits per heavy atom. The standard InChI is InChI=1S/C18H21NO3/c1-3-14-8-4-6-10-16(14)22-13-12-19-18(20)15-9-5-7-11-17(15)21-2/h4-11H,3,12-13H2,1-2H3,(H,19,20). The topological polar surface area (TPSA) is 47.6 Å². The Morgan fingerprint density at radius 1 is 1.05 bits per heavy atom. The van der Waals surface area contributed by atoms with E-state index in [1.807, 2.05) is 36.4 Å². The Morgan fingerprint density at radius 2 is 1.73 bits per heavy atom. The number of nitrogens with one attached hydrogen (secondary N) is 1. The molecule has 22 heavy (non-hydrogen) atoms. The summed E-state index contributed by atoms with van der Waals surface area (Å²) >= 11 is 0. The van der Waals surface area contributed by atoms with Gasteiger partial charge in [-0.2, -0.15) is 0 Å². The molecule has 116 valence electrons. The molecule has 0 fully saturated rings. The van der Waals surface area contributed by atoms with Crippen LogP contribution < -0.4 is 14.8 Å². The molecule has 0 radical (unpaired) electrons. The van der Waals surface area contributed by atoms with E-state index in [2.05, 4.69) is 12.2 Å². The molecular formula is C18H21NO3. The minimum absolute atomic E-state index is 0.162. The normalized spacial score (nSPS) is 10.1. The molecule has 0 aliphatic rings. The molecule has 0 atom stereocenters. The summed E-state index contributed by atoms with van der Waals surface area (Å²) in [6.45, 7) is 2.96. The number of amides is 1. The molecule has 0 saturated carbocycles. The van der Waals surface area contributed by atoms with E-state index < -0.39 is 0 Å². The molecule has 0 saturated heterocycles. The number of benzene rings is 2. The van der Waals surface area contributed by atoms with Crippen molar-refractivity contribution in [3.05, 3.63) is 59.7 Å². The van der Waals surface area contributed by atoms with Crippen molar-refractivity contribution in [2.24, 2.45) is 0 Å². The lowest BCUT2D eigenvalue weighted by molar-refractivity contribution is 0.0944. The van der Waals surface area contributed by atoms with Gasteiger partial charge in [-0.1, -0.05) is 37.3 Å². The van der Waals surface area contributed by atoms with E-state index in [-0.39, 0.29) is 5.91 Å². The third-order valence-corrected chi connectivity index (χ3v) is 3.35. The summed E-state index contributed by atoms with van der Waals surface area (Å²) in [6.07, 6.45) is 0.920. The smallest absolute Gasteiger partial charge is 0.255 e. The van der Waals surface area contributed by atoms with E-state index >= 15 is 0 Å². The highest BCUT2D eigenvalue weighted by Crippen LogP contribution is 2.18. The fourth-order valence-corrected chi connectivity index (χ4v) is 2.19. The van der Waals surface area contributed by atoms with E-state index in [0.29, 0.717) is 24.5 Å². The van der Waals surface area contributed by atoms with Crippen molar-refractivity contribution in [2.45, 2.75) is 13.3 Å². The second-order valence-corrected chi connectivity index (χ2v) is 4.77. The Kier molecular flexibility index (Phi) is 5.83. The number of hydrogen-bond acceptors (Lipinski definition) is 3. The second kappa shape index (κ2) is 8.08. The predicted molar refractivity (Wildman–Crippen MR) is 86.6 cm³/mol. The molecule has 0 unspecified atom stereocenters. The van der Waals surface area contributed by atoms with Gasteiger partial charge < -0.3 is 14.8 Å². The van der Waals surface area contributed by atoms with Crippen molar-refractivity contribution in [2.75, 3.05) is 20.3 Å². The summed E-state index contributed by atoms with van der Waals surface area (Å²) in [6, 6.07) is 15.1. The van der Waals surface area contributed by atoms with Crippen LogP contribution in [0.3, 0.4) is 0 Å². The lowest BCUT2D eigenvalue weighted by Gasteiger charge is -2.12. The average Bonchev–Trinajstić information content (AvgIpc) is 2.58. The first kappa shape index (κ1) is 15.9. The zero-order chi connectivity index (χ0) is 15.8. The molecule has 0 spiro atoms. The molecule has 1 amide bonds. The Labute approximate surface area is 131 Å². The average molecular weight is 299 g/mol. The number of ether oxygens (including phenoxy) is 2. The number of para-hydroxylation sites is 2. The van der Waals surface area contributed by atoms with E-state index in [1.165, 1.54) is 5.56 Å². The Balaban J connectivity index is 1.85. The van der Waals surface area contributed by atoms with Gasteiger partial charge in [-0.15, -0.1) is 0 Å². The van der Waals surface area contributed by atoms with Gasteiger partial charge in [-0.05, 0) is 30.2 Å². The SMILES string of the molecule is CCc1ccccc1OCCNC(=O)c1ccccc1OC. The number of carbonyl (C=O) groups excluding carboxylic acids is 1. The van der Waals surface area contributed by atoms with Gasteiger partial charge in [0.15, 0.2) is 0 Å². The van der Waals surface area contributed by atoms with Crippen LogP contribution in [0.25, 0.3) is 0 Å². The van der Waals surface area contributed by atoms with Gasteiger partial charge in [0.2, 0.25) is 0 Å². The maximum atomic E-state index is 12.1. The van der Waals surface area contributed by atoms with Gasteiger partial charge in [0, 0.05) is 0 Å². The van der Waals surface area contributed by atoms with Crippen molar-refractivity contribution in [1.29, 1.82) is 0 Å². The molecule has 0 aliphatic heterocycles. The van der Waals surface area contributed by atoms with Crippen LogP contribution in [0.15, 0.2) is 48.5 Å². The fourth-order valence-electron chi connectivity index (χ4n) is 2.19. The van der Waals surface area contributed by atoms with Crippen molar-refractivity contribution in [1.82, 2.24) is 5.32 Å². The summed E-state index contributed by atoms with van der Waals surface area (Å²) in [4.78, 5) is 12.1. The summed E-state index contributed by atoms with van der Waals surface area (Å²) in [5, 5.41) is 2.84. The summed E-state index contributed by atoms with van der Waals surface area (Å²) in [5.41, 5.74) is 1.69. The van der Waals surface area contributed by atoms with E-state index in [4.69, 9.17) is 9.47 Å². The van der Waals surface area contributed by atoms with Gasteiger partial charge in [0.25, 0.3) is 5.91 Å². The van der Waals surface area contributed by atoms with E-state index in [0.717, 1.165) is 12.2 Å². The van der Waals surface area contributed by atoms with Crippen LogP contribution in [0.1, 0.15) is 22.8 Å². The molecule has 1 N–H and O–H groups in total. The van der Waals surface area contributed by atoms with Crippen LogP contribution in [-0.2, 0) is 6.42 Å². The second-order valence-electron chi connectivity index (χ2n) is 4.77. The molecule has 2 aromatic carbocycles. The van der Waals surface area contributed by atoms with Gasteiger partial charge in [0.05, 0.1) is 19.2 Å². The molecule has 0 bridgehead atoms. The predicted octanol–water partition coefficient (Wildman–Crippen LogP) is 3.07. The maximum Gasteiger partial charge on any atom is 0.255 e. The zero-order valence-corrected chi connectivity index (χ0v) is 13.0. The van der Waals surface area contributed by atoms with Crippen LogP contribution in [0, 0.1) is 0 Å². The first-order valence-electron chi connectivity index (χ1n) is 7.38. The Hall–Kier alpha value is -2.49. The zero-order valence-electron chi connectivity index (χ0n) is 13.0. The lowest BCUT2D eigenvalue weighted by Crippen LogP contribution is -2.28. The molecule has 4 nitrogen and oxygen atoms in total. The third-order valence-electron chi connectivity index (χ3n) is 3.35. The largest absolute Gasteiger partial charge is 0.496 e. The molecule has 0 heterocycles. The summed E-state index contributed by atoms with van der Waals surface area (Å²) in [5.74, 6) is 1.28. The minimum atomic E-state index is -0.162. The molecule has 4 heteroatoms. The first-order chi connectivity index (χ1) is 10.8. The molecular weight excluding hydrogens is 278 g/mol. The van der Waals surface area contributed by atoms with Crippen LogP contribution in [0.5, 0.6) is 11.5 Å². The number of methoxy groups -OCH3 is 1. The highest BCUT2D eigenvalue weighted by Gasteiger charge is 2.10. The van der Waals surface area contributed by atoms with Crippen LogP contribution >= 0.6 is 0 Å². The highest BCUT2D eigenvalue weighted by molar-refractivity contribution is 5.96. The van der Waals surface area contributed by atoms with Gasteiger partial charge in [-0.3, -0.25) is 4.79 Å². The van der Waals surface area contributed by atoms with E-state index in [9.17, 15) is 4.79 Å². The fraction of sp³-hybridized carbons (Fsp3) is 0.278. The van der Waals surface area contributed by atoms with Crippen LogP contribution in [0.2, 0.25) is 0 Å².